The molecule has 1 aromatic rings. The Morgan fingerprint density at radius 3 is 2.59 bits per heavy atom. The zero-order valence-electron chi connectivity index (χ0n) is 13.4. The molecule has 0 saturated carbocycles. The Hall–Kier alpha value is -1.97. The van der Waals surface area contributed by atoms with E-state index in [2.05, 4.69) is 11.9 Å². The Kier molecular flexibility index (Phi) is 6.31. The van der Waals surface area contributed by atoms with Crippen LogP contribution in [-0.2, 0) is 4.79 Å². The van der Waals surface area contributed by atoms with Gasteiger partial charge in [0.05, 0.1) is 12.2 Å². The molecule has 1 aliphatic rings. The van der Waals surface area contributed by atoms with Gasteiger partial charge in [-0.3, -0.25) is 4.79 Å². The molecule has 1 saturated heterocycles. The van der Waals surface area contributed by atoms with E-state index in [1.807, 2.05) is 36.1 Å². The van der Waals surface area contributed by atoms with E-state index in [-0.39, 0.29) is 5.91 Å². The molecule has 1 fully saturated rings. The number of carbonyl (C=O) groups is 1. The van der Waals surface area contributed by atoms with Crippen molar-refractivity contribution in [3.8, 4) is 5.75 Å². The molecule has 2 rings (SSSR count). The van der Waals surface area contributed by atoms with Gasteiger partial charge >= 0.3 is 0 Å². The monoisotopic (exact) mass is 302 g/mol. The molecule has 120 valence electrons. The molecular formula is C18H26N2O2. The van der Waals surface area contributed by atoms with Gasteiger partial charge in [0.15, 0.2) is 0 Å². The Bertz CT molecular complexity index is 506. The first-order valence-electron chi connectivity index (χ1n) is 8.04. The van der Waals surface area contributed by atoms with Gasteiger partial charge in [0.25, 0.3) is 0 Å². The van der Waals surface area contributed by atoms with Crippen molar-refractivity contribution >= 4 is 11.6 Å². The number of nitrogens with one attached hydrogen (secondary N) is 1. The fourth-order valence-electron chi connectivity index (χ4n) is 2.54. The molecule has 0 bridgehead atoms. The summed E-state index contributed by atoms with van der Waals surface area (Å²) in [6.07, 6.45) is 4.69. The van der Waals surface area contributed by atoms with E-state index in [1.165, 1.54) is 12.8 Å². The number of likely N-dealkylation sites (tertiary alicyclic amines) is 1. The van der Waals surface area contributed by atoms with Gasteiger partial charge in [0.2, 0.25) is 5.91 Å². The van der Waals surface area contributed by atoms with Gasteiger partial charge in [-0.1, -0.05) is 31.6 Å². The lowest BCUT2D eigenvalue weighted by molar-refractivity contribution is -0.129. The zero-order chi connectivity index (χ0) is 15.8. The fourth-order valence-corrected chi connectivity index (χ4v) is 2.54. The minimum Gasteiger partial charge on any atom is -0.487 e. The number of carbonyl (C=O) groups excluding carboxylic acids is 1. The molecule has 0 aromatic heterocycles. The maximum atomic E-state index is 12.3. The van der Waals surface area contributed by atoms with Crippen molar-refractivity contribution in [2.45, 2.75) is 32.6 Å². The van der Waals surface area contributed by atoms with Crippen LogP contribution in [0.15, 0.2) is 36.4 Å². The SMILES string of the molecule is C=C(C)COc1ccccc1NCC(=O)N1CCCCCC1. The van der Waals surface area contributed by atoms with E-state index >= 15 is 0 Å². The highest BCUT2D eigenvalue weighted by Gasteiger charge is 2.15. The molecule has 0 radical (unpaired) electrons. The lowest BCUT2D eigenvalue weighted by atomic mass is 10.2. The van der Waals surface area contributed by atoms with E-state index in [0.717, 1.165) is 42.9 Å². The summed E-state index contributed by atoms with van der Waals surface area (Å²) in [5.41, 5.74) is 1.82. The van der Waals surface area contributed by atoms with E-state index in [9.17, 15) is 4.79 Å². The largest absolute Gasteiger partial charge is 0.487 e. The topological polar surface area (TPSA) is 41.6 Å². The molecule has 0 spiro atoms. The van der Waals surface area contributed by atoms with E-state index in [1.54, 1.807) is 0 Å². The molecule has 1 amide bonds. The van der Waals surface area contributed by atoms with E-state index < -0.39 is 0 Å². The molecule has 1 N–H and O–H groups in total. The van der Waals surface area contributed by atoms with Gasteiger partial charge in [-0.15, -0.1) is 0 Å². The van der Waals surface area contributed by atoms with Crippen LogP contribution < -0.4 is 10.1 Å². The van der Waals surface area contributed by atoms with Crippen LogP contribution in [0.1, 0.15) is 32.6 Å². The number of amides is 1. The van der Waals surface area contributed by atoms with Crippen LogP contribution in [0.2, 0.25) is 0 Å². The highest BCUT2D eigenvalue weighted by Crippen LogP contribution is 2.24. The molecule has 1 heterocycles. The third-order valence-electron chi connectivity index (χ3n) is 3.75. The van der Waals surface area contributed by atoms with Gasteiger partial charge in [0, 0.05) is 13.1 Å². The minimum atomic E-state index is 0.164. The average molecular weight is 302 g/mol. The van der Waals surface area contributed by atoms with Crippen molar-refractivity contribution in [3.63, 3.8) is 0 Å². The van der Waals surface area contributed by atoms with Crippen LogP contribution in [0, 0.1) is 0 Å². The number of hydrogen-bond donors (Lipinski definition) is 1. The summed E-state index contributed by atoms with van der Waals surface area (Å²) in [5, 5.41) is 3.21. The number of hydrogen-bond acceptors (Lipinski definition) is 3. The van der Waals surface area contributed by atoms with Crippen molar-refractivity contribution < 1.29 is 9.53 Å². The second-order valence-electron chi connectivity index (χ2n) is 5.89. The normalized spacial score (nSPS) is 15.0. The summed E-state index contributed by atoms with van der Waals surface area (Å²) in [6, 6.07) is 7.70. The summed E-state index contributed by atoms with van der Waals surface area (Å²) < 4.78 is 5.71. The fraction of sp³-hybridized carbons (Fsp3) is 0.500. The Balaban J connectivity index is 1.90. The third-order valence-corrected chi connectivity index (χ3v) is 3.75. The maximum Gasteiger partial charge on any atom is 0.241 e. The van der Waals surface area contributed by atoms with Gasteiger partial charge in [0.1, 0.15) is 12.4 Å². The van der Waals surface area contributed by atoms with Crippen LogP contribution in [0.3, 0.4) is 0 Å². The van der Waals surface area contributed by atoms with Crippen LogP contribution in [-0.4, -0.2) is 37.0 Å². The van der Waals surface area contributed by atoms with Crippen molar-refractivity contribution in [1.82, 2.24) is 4.90 Å². The molecule has 4 heteroatoms. The van der Waals surface area contributed by atoms with Crippen LogP contribution in [0.25, 0.3) is 0 Å². The molecule has 4 nitrogen and oxygen atoms in total. The maximum absolute atomic E-state index is 12.3. The summed E-state index contributed by atoms with van der Waals surface area (Å²) in [5.74, 6) is 0.922. The molecule has 0 unspecified atom stereocenters. The Labute approximate surface area is 133 Å². The van der Waals surface area contributed by atoms with Crippen molar-refractivity contribution in [1.29, 1.82) is 0 Å². The van der Waals surface area contributed by atoms with Crippen LogP contribution in [0.4, 0.5) is 5.69 Å². The number of para-hydroxylation sites is 2. The Morgan fingerprint density at radius 1 is 1.23 bits per heavy atom. The molecular weight excluding hydrogens is 276 g/mol. The smallest absolute Gasteiger partial charge is 0.241 e. The minimum absolute atomic E-state index is 0.164. The second kappa shape index (κ2) is 8.47. The first-order valence-corrected chi connectivity index (χ1v) is 8.04. The number of ether oxygens (including phenoxy) is 1. The predicted octanol–water partition coefficient (Wildman–Crippen LogP) is 3.46. The van der Waals surface area contributed by atoms with Crippen LogP contribution in [0.5, 0.6) is 5.75 Å². The molecule has 0 atom stereocenters. The molecule has 1 aliphatic heterocycles. The molecule has 0 aliphatic carbocycles. The van der Waals surface area contributed by atoms with Crippen molar-refractivity contribution in [3.05, 3.63) is 36.4 Å². The third kappa shape index (κ3) is 5.10. The van der Waals surface area contributed by atoms with Crippen molar-refractivity contribution in [2.24, 2.45) is 0 Å². The molecule has 22 heavy (non-hydrogen) atoms. The number of nitrogens with zero attached hydrogens (tertiary/aromatic N) is 1. The average Bonchev–Trinajstić information content (AvgIpc) is 2.80. The summed E-state index contributed by atoms with van der Waals surface area (Å²) in [6.45, 7) is 8.33. The standard InChI is InChI=1S/C18H26N2O2/c1-15(2)14-22-17-10-6-5-9-16(17)19-13-18(21)20-11-7-3-4-8-12-20/h5-6,9-10,19H,1,3-4,7-8,11-14H2,2H3. The first-order chi connectivity index (χ1) is 10.7. The summed E-state index contributed by atoms with van der Waals surface area (Å²) >= 11 is 0. The lowest BCUT2D eigenvalue weighted by Crippen LogP contribution is -2.36. The van der Waals surface area contributed by atoms with E-state index in [0.29, 0.717) is 13.2 Å². The van der Waals surface area contributed by atoms with Crippen molar-refractivity contribution in [2.75, 3.05) is 31.6 Å². The Morgan fingerprint density at radius 2 is 1.91 bits per heavy atom. The quantitative estimate of drug-likeness (QED) is 0.818. The highest BCUT2D eigenvalue weighted by molar-refractivity contribution is 5.81. The summed E-state index contributed by atoms with van der Waals surface area (Å²) in [7, 11) is 0. The second-order valence-corrected chi connectivity index (χ2v) is 5.89. The number of rotatable bonds is 6. The lowest BCUT2D eigenvalue weighted by Gasteiger charge is -2.21. The van der Waals surface area contributed by atoms with Gasteiger partial charge in [-0.25, -0.2) is 0 Å². The van der Waals surface area contributed by atoms with E-state index in [4.69, 9.17) is 4.74 Å². The summed E-state index contributed by atoms with van der Waals surface area (Å²) in [4.78, 5) is 14.3. The van der Waals surface area contributed by atoms with Gasteiger partial charge in [-0.2, -0.15) is 0 Å². The van der Waals surface area contributed by atoms with Gasteiger partial charge in [-0.05, 0) is 37.5 Å². The number of anilines is 1. The predicted molar refractivity (Wildman–Crippen MR) is 90.3 cm³/mol. The highest BCUT2D eigenvalue weighted by atomic mass is 16.5. The van der Waals surface area contributed by atoms with Crippen LogP contribution >= 0.6 is 0 Å². The molecule has 1 aromatic carbocycles. The number of benzene rings is 1. The first kappa shape index (κ1) is 16.4. The zero-order valence-corrected chi connectivity index (χ0v) is 13.4. The van der Waals surface area contributed by atoms with Gasteiger partial charge < -0.3 is 15.0 Å².